The van der Waals surface area contributed by atoms with Crippen LogP contribution in [-0.4, -0.2) is 0 Å². The lowest BCUT2D eigenvalue weighted by molar-refractivity contribution is 0.474. The summed E-state index contributed by atoms with van der Waals surface area (Å²) in [5.74, 6) is 3.59. The first kappa shape index (κ1) is 21.7. The SMILES string of the molecule is Cc1cc(-c2cc(C)c(Oc3ccccc3)c(C)c2C)c(C)c(C)c1Oc1ccccc1. The van der Waals surface area contributed by atoms with Gasteiger partial charge in [0.2, 0.25) is 0 Å². The van der Waals surface area contributed by atoms with E-state index < -0.39 is 0 Å². The molecule has 4 aromatic rings. The van der Waals surface area contributed by atoms with Crippen molar-refractivity contribution in [1.82, 2.24) is 0 Å². The van der Waals surface area contributed by atoms with Crippen molar-refractivity contribution in [2.45, 2.75) is 41.5 Å². The Morgan fingerprint density at radius 3 is 1.12 bits per heavy atom. The van der Waals surface area contributed by atoms with E-state index in [1.165, 1.54) is 33.4 Å². The number of rotatable bonds is 5. The van der Waals surface area contributed by atoms with Gasteiger partial charge in [-0.2, -0.15) is 0 Å². The quantitative estimate of drug-likeness (QED) is 0.320. The number of para-hydroxylation sites is 2. The summed E-state index contributed by atoms with van der Waals surface area (Å²) in [4.78, 5) is 0. The van der Waals surface area contributed by atoms with Crippen LogP contribution in [0.4, 0.5) is 0 Å². The molecule has 2 heteroatoms. The van der Waals surface area contributed by atoms with E-state index in [1.807, 2.05) is 60.7 Å². The monoisotopic (exact) mass is 422 g/mol. The molecule has 0 aliphatic carbocycles. The van der Waals surface area contributed by atoms with Gasteiger partial charge in [0.25, 0.3) is 0 Å². The summed E-state index contributed by atoms with van der Waals surface area (Å²) in [6, 6.07) is 24.4. The van der Waals surface area contributed by atoms with Crippen molar-refractivity contribution in [3.63, 3.8) is 0 Å². The van der Waals surface area contributed by atoms with Crippen LogP contribution in [0.3, 0.4) is 0 Å². The van der Waals surface area contributed by atoms with E-state index >= 15 is 0 Å². The molecule has 0 heterocycles. The Morgan fingerprint density at radius 2 is 0.781 bits per heavy atom. The van der Waals surface area contributed by atoms with Gasteiger partial charge in [-0.25, -0.2) is 0 Å². The molecule has 4 rings (SSSR count). The minimum atomic E-state index is 0.858. The molecule has 0 bridgehead atoms. The standard InChI is InChI=1S/C30H30O2/c1-19-17-27(21(3)23(5)29(19)31-25-13-9-7-10-14-25)28-18-20(2)30(24(6)22(28)4)32-26-15-11-8-12-16-26/h7-18H,1-6H3. The van der Waals surface area contributed by atoms with Crippen LogP contribution in [0.15, 0.2) is 72.8 Å². The number of ether oxygens (including phenoxy) is 2. The minimum Gasteiger partial charge on any atom is -0.457 e. The van der Waals surface area contributed by atoms with Crippen molar-refractivity contribution >= 4 is 0 Å². The molecule has 32 heavy (non-hydrogen) atoms. The highest BCUT2D eigenvalue weighted by Crippen LogP contribution is 2.41. The third-order valence-corrected chi connectivity index (χ3v) is 6.27. The van der Waals surface area contributed by atoms with E-state index in [0.29, 0.717) is 0 Å². The molecule has 4 aromatic carbocycles. The van der Waals surface area contributed by atoms with Gasteiger partial charge >= 0.3 is 0 Å². The molecular weight excluding hydrogens is 392 g/mol. The lowest BCUT2D eigenvalue weighted by Gasteiger charge is -2.21. The van der Waals surface area contributed by atoms with Gasteiger partial charge in [0.15, 0.2) is 0 Å². The van der Waals surface area contributed by atoms with E-state index in [-0.39, 0.29) is 0 Å². The van der Waals surface area contributed by atoms with E-state index in [1.54, 1.807) is 0 Å². The molecule has 0 amide bonds. The third kappa shape index (κ3) is 4.13. The van der Waals surface area contributed by atoms with Crippen LogP contribution in [-0.2, 0) is 0 Å². The van der Waals surface area contributed by atoms with Crippen LogP contribution >= 0.6 is 0 Å². The van der Waals surface area contributed by atoms with Crippen molar-refractivity contribution in [2.24, 2.45) is 0 Å². The van der Waals surface area contributed by atoms with Gasteiger partial charge in [0.1, 0.15) is 23.0 Å². The van der Waals surface area contributed by atoms with E-state index in [2.05, 4.69) is 53.7 Å². The van der Waals surface area contributed by atoms with Crippen LogP contribution in [0.25, 0.3) is 11.1 Å². The molecule has 0 saturated carbocycles. The lowest BCUT2D eigenvalue weighted by atomic mass is 9.88. The van der Waals surface area contributed by atoms with Crippen molar-refractivity contribution in [3.8, 4) is 34.1 Å². The Morgan fingerprint density at radius 1 is 0.438 bits per heavy atom. The zero-order chi connectivity index (χ0) is 22.8. The maximum atomic E-state index is 6.25. The molecule has 0 N–H and O–H groups in total. The average Bonchev–Trinajstić information content (AvgIpc) is 2.80. The molecule has 2 nitrogen and oxygen atoms in total. The largest absolute Gasteiger partial charge is 0.457 e. The Hall–Kier alpha value is -3.52. The molecule has 0 radical (unpaired) electrons. The van der Waals surface area contributed by atoms with Crippen LogP contribution in [0.2, 0.25) is 0 Å². The van der Waals surface area contributed by atoms with E-state index in [4.69, 9.17) is 9.47 Å². The van der Waals surface area contributed by atoms with Crippen molar-refractivity contribution in [3.05, 3.63) is 106 Å². The summed E-state index contributed by atoms with van der Waals surface area (Å²) in [5, 5.41) is 0. The molecule has 0 fully saturated rings. The van der Waals surface area contributed by atoms with Gasteiger partial charge in [-0.15, -0.1) is 0 Å². The summed E-state index contributed by atoms with van der Waals surface area (Å²) in [5.41, 5.74) is 9.56. The van der Waals surface area contributed by atoms with Gasteiger partial charge in [-0.1, -0.05) is 36.4 Å². The van der Waals surface area contributed by atoms with Crippen LogP contribution in [0.1, 0.15) is 33.4 Å². The highest BCUT2D eigenvalue weighted by molar-refractivity contribution is 5.77. The van der Waals surface area contributed by atoms with Crippen LogP contribution in [0, 0.1) is 41.5 Å². The summed E-state index contributed by atoms with van der Waals surface area (Å²) >= 11 is 0. The second kappa shape index (κ2) is 8.92. The first-order valence-electron chi connectivity index (χ1n) is 11.0. The average molecular weight is 423 g/mol. The summed E-state index contributed by atoms with van der Waals surface area (Å²) in [7, 11) is 0. The molecular formula is C30H30O2. The van der Waals surface area contributed by atoms with Crippen LogP contribution in [0.5, 0.6) is 23.0 Å². The predicted octanol–water partition coefficient (Wildman–Crippen LogP) is 8.79. The number of aryl methyl sites for hydroxylation is 2. The summed E-state index contributed by atoms with van der Waals surface area (Å²) in [6.07, 6.45) is 0. The fraction of sp³-hybridized carbons (Fsp3) is 0.200. The molecule has 0 unspecified atom stereocenters. The van der Waals surface area contributed by atoms with Crippen molar-refractivity contribution in [2.75, 3.05) is 0 Å². The topological polar surface area (TPSA) is 18.5 Å². The lowest BCUT2D eigenvalue weighted by Crippen LogP contribution is -2.00. The Kier molecular flexibility index (Phi) is 6.05. The first-order valence-corrected chi connectivity index (χ1v) is 11.0. The summed E-state index contributed by atoms with van der Waals surface area (Å²) < 4.78 is 12.5. The van der Waals surface area contributed by atoms with Gasteiger partial charge < -0.3 is 9.47 Å². The molecule has 0 aliphatic heterocycles. The zero-order valence-electron chi connectivity index (χ0n) is 19.7. The van der Waals surface area contributed by atoms with E-state index in [9.17, 15) is 0 Å². The molecule has 0 saturated heterocycles. The zero-order valence-corrected chi connectivity index (χ0v) is 19.7. The third-order valence-electron chi connectivity index (χ3n) is 6.27. The highest BCUT2D eigenvalue weighted by Gasteiger charge is 2.18. The molecule has 0 atom stereocenters. The second-order valence-electron chi connectivity index (χ2n) is 8.47. The predicted molar refractivity (Wildman–Crippen MR) is 133 cm³/mol. The van der Waals surface area contributed by atoms with Gasteiger partial charge in [-0.3, -0.25) is 0 Å². The van der Waals surface area contributed by atoms with Gasteiger partial charge in [-0.05, 0) is 122 Å². The smallest absolute Gasteiger partial charge is 0.133 e. The summed E-state index contributed by atoms with van der Waals surface area (Å²) in [6.45, 7) is 12.9. The molecule has 0 aliphatic rings. The van der Waals surface area contributed by atoms with Gasteiger partial charge in [0.05, 0.1) is 0 Å². The normalized spacial score (nSPS) is 10.8. The fourth-order valence-corrected chi connectivity index (χ4v) is 4.20. The Bertz CT molecular complexity index is 1150. The Balaban J connectivity index is 1.77. The van der Waals surface area contributed by atoms with Gasteiger partial charge in [0, 0.05) is 0 Å². The minimum absolute atomic E-state index is 0.858. The first-order chi connectivity index (χ1) is 15.4. The molecule has 162 valence electrons. The van der Waals surface area contributed by atoms with Crippen molar-refractivity contribution < 1.29 is 9.47 Å². The fourth-order valence-electron chi connectivity index (χ4n) is 4.20. The molecule has 0 aromatic heterocycles. The number of hydrogen-bond donors (Lipinski definition) is 0. The van der Waals surface area contributed by atoms with Crippen molar-refractivity contribution in [1.29, 1.82) is 0 Å². The molecule has 0 spiro atoms. The number of hydrogen-bond acceptors (Lipinski definition) is 2. The number of benzene rings is 4. The van der Waals surface area contributed by atoms with Crippen LogP contribution < -0.4 is 9.47 Å². The maximum absolute atomic E-state index is 6.25. The highest BCUT2D eigenvalue weighted by atomic mass is 16.5. The maximum Gasteiger partial charge on any atom is 0.133 e. The van der Waals surface area contributed by atoms with E-state index in [0.717, 1.165) is 34.1 Å². The Labute approximate surface area is 191 Å². The second-order valence-corrected chi connectivity index (χ2v) is 8.47.